The summed E-state index contributed by atoms with van der Waals surface area (Å²) in [5.41, 5.74) is 0.241. The number of carbonyl (C=O) groups excluding carboxylic acids is 3. The largest absolute Gasteiger partial charge is 0.497 e. The molecule has 0 aromatic heterocycles. The molecule has 1 aliphatic heterocycles. The lowest BCUT2D eigenvalue weighted by Gasteiger charge is -2.28. The SMILES string of the molecule is COc1cccc(N2C(=O)NC(=O)[C@@H](C=Nc3cccc([N+](=O)[O-])c3)C2=O)c1. The van der Waals surface area contributed by atoms with Crippen LogP contribution in [0.25, 0.3) is 0 Å². The van der Waals surface area contributed by atoms with Crippen molar-refractivity contribution in [3.05, 3.63) is 58.6 Å². The zero-order chi connectivity index (χ0) is 20.3. The van der Waals surface area contributed by atoms with Gasteiger partial charge >= 0.3 is 6.03 Å². The summed E-state index contributed by atoms with van der Waals surface area (Å²) in [6.45, 7) is 0. The van der Waals surface area contributed by atoms with Crippen molar-refractivity contribution < 1.29 is 24.0 Å². The summed E-state index contributed by atoms with van der Waals surface area (Å²) < 4.78 is 5.08. The highest BCUT2D eigenvalue weighted by molar-refractivity contribution is 6.32. The number of benzene rings is 2. The molecule has 2 aromatic carbocycles. The van der Waals surface area contributed by atoms with E-state index in [1.54, 1.807) is 12.1 Å². The van der Waals surface area contributed by atoms with Crippen molar-refractivity contribution in [2.24, 2.45) is 10.9 Å². The molecule has 142 valence electrons. The Kier molecular flexibility index (Phi) is 5.12. The Hall–Kier alpha value is -4.08. The lowest BCUT2D eigenvalue weighted by molar-refractivity contribution is -0.384. The van der Waals surface area contributed by atoms with E-state index in [1.165, 1.54) is 43.5 Å². The smallest absolute Gasteiger partial charge is 0.335 e. The van der Waals surface area contributed by atoms with E-state index in [2.05, 4.69) is 10.3 Å². The normalized spacial score (nSPS) is 17.0. The highest BCUT2D eigenvalue weighted by atomic mass is 16.6. The van der Waals surface area contributed by atoms with Gasteiger partial charge in [-0.3, -0.25) is 30.0 Å². The number of hydrogen-bond donors (Lipinski definition) is 1. The van der Waals surface area contributed by atoms with Crippen molar-refractivity contribution in [2.45, 2.75) is 0 Å². The Morgan fingerprint density at radius 2 is 1.93 bits per heavy atom. The first-order chi connectivity index (χ1) is 13.4. The number of carbonyl (C=O) groups is 3. The van der Waals surface area contributed by atoms with Gasteiger partial charge in [0.1, 0.15) is 5.75 Å². The zero-order valence-electron chi connectivity index (χ0n) is 14.6. The minimum absolute atomic E-state index is 0.178. The number of nitrogens with one attached hydrogen (secondary N) is 1. The van der Waals surface area contributed by atoms with Gasteiger partial charge in [0.2, 0.25) is 5.91 Å². The molecule has 1 fully saturated rings. The molecule has 0 unspecified atom stereocenters. The molecule has 28 heavy (non-hydrogen) atoms. The standard InChI is InChI=1S/C18H14N4O6/c1-28-14-7-3-5-12(9-14)21-17(24)15(16(23)20-18(21)25)10-19-11-4-2-6-13(8-11)22(26)27/h2-10,15H,1H3,(H,20,23,25)/t15-/m1/s1. The molecule has 1 atom stereocenters. The van der Waals surface area contributed by atoms with E-state index in [1.807, 2.05) is 0 Å². The van der Waals surface area contributed by atoms with E-state index in [0.717, 1.165) is 11.1 Å². The Labute approximate surface area is 158 Å². The molecule has 0 radical (unpaired) electrons. The van der Waals surface area contributed by atoms with Crippen LogP contribution in [0.3, 0.4) is 0 Å². The molecule has 4 amide bonds. The molecule has 0 spiro atoms. The fourth-order valence-corrected chi connectivity index (χ4v) is 2.56. The number of hydrogen-bond acceptors (Lipinski definition) is 7. The summed E-state index contributed by atoms with van der Waals surface area (Å²) >= 11 is 0. The van der Waals surface area contributed by atoms with Gasteiger partial charge in [-0.1, -0.05) is 12.1 Å². The van der Waals surface area contributed by atoms with Gasteiger partial charge in [-0.25, -0.2) is 9.69 Å². The first-order valence-electron chi connectivity index (χ1n) is 8.02. The lowest BCUT2D eigenvalue weighted by atomic mass is 10.1. The molecule has 2 aromatic rings. The number of urea groups is 1. The van der Waals surface area contributed by atoms with Crippen LogP contribution < -0.4 is 15.0 Å². The number of amides is 4. The molecule has 0 aliphatic carbocycles. The van der Waals surface area contributed by atoms with Gasteiger partial charge in [-0.05, 0) is 18.2 Å². The van der Waals surface area contributed by atoms with Gasteiger partial charge in [-0.15, -0.1) is 0 Å². The average molecular weight is 382 g/mol. The van der Waals surface area contributed by atoms with Gasteiger partial charge in [-0.2, -0.15) is 0 Å². The van der Waals surface area contributed by atoms with Crippen molar-refractivity contribution in [3.8, 4) is 5.75 Å². The summed E-state index contributed by atoms with van der Waals surface area (Å²) in [5.74, 6) is -2.57. The Bertz CT molecular complexity index is 1000. The second kappa shape index (κ2) is 7.66. The molecule has 1 aliphatic rings. The van der Waals surface area contributed by atoms with E-state index in [-0.39, 0.29) is 17.1 Å². The van der Waals surface area contributed by atoms with Crippen LogP contribution in [-0.2, 0) is 9.59 Å². The van der Waals surface area contributed by atoms with Gasteiger partial charge in [0.15, 0.2) is 5.92 Å². The van der Waals surface area contributed by atoms with E-state index in [9.17, 15) is 24.5 Å². The van der Waals surface area contributed by atoms with E-state index >= 15 is 0 Å². The average Bonchev–Trinajstić information content (AvgIpc) is 2.68. The van der Waals surface area contributed by atoms with Crippen LogP contribution in [-0.4, -0.2) is 36.1 Å². The summed E-state index contributed by atoms with van der Waals surface area (Å²) in [7, 11) is 1.44. The number of imide groups is 2. The van der Waals surface area contributed by atoms with Crippen LogP contribution in [0.2, 0.25) is 0 Å². The molecule has 0 bridgehead atoms. The fourth-order valence-electron chi connectivity index (χ4n) is 2.56. The lowest BCUT2D eigenvalue weighted by Crippen LogP contribution is -2.58. The van der Waals surface area contributed by atoms with Gasteiger partial charge < -0.3 is 4.74 Å². The number of anilines is 1. The number of non-ortho nitro benzene ring substituents is 1. The first kappa shape index (κ1) is 18.7. The second-order valence-corrected chi connectivity index (χ2v) is 5.70. The second-order valence-electron chi connectivity index (χ2n) is 5.70. The molecule has 10 nitrogen and oxygen atoms in total. The molecule has 1 N–H and O–H groups in total. The third-order valence-corrected chi connectivity index (χ3v) is 3.93. The highest BCUT2D eigenvalue weighted by Crippen LogP contribution is 2.25. The number of nitro groups is 1. The maximum Gasteiger partial charge on any atom is 0.335 e. The monoisotopic (exact) mass is 382 g/mol. The third kappa shape index (κ3) is 3.70. The maximum absolute atomic E-state index is 12.7. The van der Waals surface area contributed by atoms with E-state index in [4.69, 9.17) is 4.74 Å². The van der Waals surface area contributed by atoms with Crippen LogP contribution >= 0.6 is 0 Å². The van der Waals surface area contributed by atoms with Gasteiger partial charge in [0.05, 0.1) is 23.4 Å². The summed E-state index contributed by atoms with van der Waals surface area (Å²) in [6.07, 6.45) is 1.05. The maximum atomic E-state index is 12.7. The van der Waals surface area contributed by atoms with Crippen LogP contribution in [0.1, 0.15) is 0 Å². The van der Waals surface area contributed by atoms with Crippen molar-refractivity contribution in [2.75, 3.05) is 12.0 Å². The Morgan fingerprint density at radius 3 is 2.64 bits per heavy atom. The van der Waals surface area contributed by atoms with Gasteiger partial charge in [0, 0.05) is 24.4 Å². The molecule has 0 saturated carbocycles. The van der Waals surface area contributed by atoms with Crippen molar-refractivity contribution in [1.82, 2.24) is 5.32 Å². The van der Waals surface area contributed by atoms with Crippen LogP contribution in [0.15, 0.2) is 53.5 Å². The minimum Gasteiger partial charge on any atom is -0.497 e. The Balaban J connectivity index is 1.89. The quantitative estimate of drug-likeness (QED) is 0.365. The molecule has 1 saturated heterocycles. The van der Waals surface area contributed by atoms with Gasteiger partial charge in [0.25, 0.3) is 11.6 Å². The molecular formula is C18H14N4O6. The summed E-state index contributed by atoms with van der Waals surface area (Å²) in [6, 6.07) is 10.8. The minimum atomic E-state index is -1.37. The molecule has 3 rings (SSSR count). The number of rotatable bonds is 5. The number of barbiturate groups is 1. The number of methoxy groups -OCH3 is 1. The predicted molar refractivity (Wildman–Crippen MR) is 98.8 cm³/mol. The fraction of sp³-hybridized carbons (Fsp3) is 0.111. The Morgan fingerprint density at radius 1 is 1.18 bits per heavy atom. The summed E-state index contributed by atoms with van der Waals surface area (Å²) in [4.78, 5) is 52.1. The topological polar surface area (TPSA) is 131 Å². The highest BCUT2D eigenvalue weighted by Gasteiger charge is 2.40. The molecule has 1 heterocycles. The number of nitro benzene ring substituents is 1. The van der Waals surface area contributed by atoms with Crippen molar-refractivity contribution in [3.63, 3.8) is 0 Å². The van der Waals surface area contributed by atoms with Crippen LogP contribution in [0, 0.1) is 16.0 Å². The number of aliphatic imine (C=N–C) groups is 1. The third-order valence-electron chi connectivity index (χ3n) is 3.93. The van der Waals surface area contributed by atoms with Crippen molar-refractivity contribution >= 4 is 41.1 Å². The van der Waals surface area contributed by atoms with Crippen LogP contribution in [0.4, 0.5) is 21.9 Å². The number of ether oxygens (including phenoxy) is 1. The van der Waals surface area contributed by atoms with Crippen LogP contribution in [0.5, 0.6) is 5.75 Å². The number of nitrogens with zero attached hydrogens (tertiary/aromatic N) is 3. The molecule has 10 heteroatoms. The van der Waals surface area contributed by atoms with E-state index < -0.39 is 28.7 Å². The van der Waals surface area contributed by atoms with Crippen molar-refractivity contribution in [1.29, 1.82) is 0 Å². The van der Waals surface area contributed by atoms with E-state index in [0.29, 0.717) is 5.75 Å². The predicted octanol–water partition coefficient (Wildman–Crippen LogP) is 2.20. The first-order valence-corrected chi connectivity index (χ1v) is 8.02. The molecular weight excluding hydrogens is 368 g/mol. The summed E-state index contributed by atoms with van der Waals surface area (Å²) in [5, 5.41) is 12.9. The zero-order valence-corrected chi connectivity index (χ0v) is 14.6.